The van der Waals surface area contributed by atoms with Gasteiger partial charge < -0.3 is 5.32 Å². The maximum Gasteiger partial charge on any atom is 0.265 e. The van der Waals surface area contributed by atoms with E-state index in [1.54, 1.807) is 11.3 Å². The Morgan fingerprint density at radius 3 is 2.80 bits per heavy atom. The van der Waals surface area contributed by atoms with Crippen molar-refractivity contribution >= 4 is 38.9 Å². The van der Waals surface area contributed by atoms with Crippen LogP contribution in [0.1, 0.15) is 38.5 Å². The number of hydrogen-bond acceptors (Lipinski definition) is 2. The summed E-state index contributed by atoms with van der Waals surface area (Å²) in [5.41, 5.74) is 3.32. The third-order valence-electron chi connectivity index (χ3n) is 3.66. The molecule has 1 N–H and O–H groups in total. The van der Waals surface area contributed by atoms with Crippen LogP contribution < -0.4 is 5.32 Å². The van der Waals surface area contributed by atoms with E-state index in [-0.39, 0.29) is 5.91 Å². The number of carbonyl (C=O) groups excluding carboxylic acids is 1. The predicted molar refractivity (Wildman–Crippen MR) is 87.8 cm³/mol. The van der Waals surface area contributed by atoms with Crippen molar-refractivity contribution in [3.8, 4) is 0 Å². The average Bonchev–Trinajstić information content (AvgIpc) is 2.86. The van der Waals surface area contributed by atoms with Crippen LogP contribution in [0.2, 0.25) is 0 Å². The molecule has 3 rings (SSSR count). The van der Waals surface area contributed by atoms with Crippen LogP contribution in [0.5, 0.6) is 0 Å². The zero-order chi connectivity index (χ0) is 14.1. The number of carbonyl (C=O) groups is 1. The number of nitrogens with one attached hydrogen (secondary N) is 1. The van der Waals surface area contributed by atoms with Crippen molar-refractivity contribution in [2.75, 3.05) is 5.32 Å². The molecule has 1 amide bonds. The molecule has 0 aliphatic heterocycles. The van der Waals surface area contributed by atoms with Crippen molar-refractivity contribution in [1.29, 1.82) is 0 Å². The molecule has 0 bridgehead atoms. The maximum absolute atomic E-state index is 12.4. The standard InChI is InChI=1S/C16H16BrNOS/c1-10-8-12(17)6-7-13(10)18-16(19)15-9-11-4-2-3-5-14(11)20-15/h6-9H,2-5H2,1H3,(H,18,19). The normalized spacial score (nSPS) is 13.9. The molecular formula is C16H16BrNOS. The van der Waals surface area contributed by atoms with Crippen molar-refractivity contribution < 1.29 is 4.79 Å². The Balaban J connectivity index is 1.80. The largest absolute Gasteiger partial charge is 0.321 e. The summed E-state index contributed by atoms with van der Waals surface area (Å²) in [5.74, 6) is 0.00909. The molecule has 20 heavy (non-hydrogen) atoms. The first kappa shape index (κ1) is 13.8. The van der Waals surface area contributed by atoms with Crippen LogP contribution >= 0.6 is 27.3 Å². The zero-order valence-corrected chi connectivity index (χ0v) is 13.7. The predicted octanol–water partition coefficient (Wildman–Crippen LogP) is 4.95. The van der Waals surface area contributed by atoms with E-state index >= 15 is 0 Å². The van der Waals surface area contributed by atoms with Crippen LogP contribution in [0.4, 0.5) is 5.69 Å². The third-order valence-corrected chi connectivity index (χ3v) is 5.39. The number of hydrogen-bond donors (Lipinski definition) is 1. The highest BCUT2D eigenvalue weighted by Crippen LogP contribution is 2.30. The lowest BCUT2D eigenvalue weighted by Crippen LogP contribution is -2.11. The van der Waals surface area contributed by atoms with Gasteiger partial charge in [0.25, 0.3) is 5.91 Å². The summed E-state index contributed by atoms with van der Waals surface area (Å²) < 4.78 is 1.03. The Labute approximate surface area is 131 Å². The molecule has 2 aromatic rings. The number of thiophene rings is 1. The van der Waals surface area contributed by atoms with Crippen molar-refractivity contribution in [3.63, 3.8) is 0 Å². The number of amides is 1. The van der Waals surface area contributed by atoms with Crippen LogP contribution in [-0.4, -0.2) is 5.91 Å². The summed E-state index contributed by atoms with van der Waals surface area (Å²) in [6.45, 7) is 2.00. The maximum atomic E-state index is 12.4. The van der Waals surface area contributed by atoms with E-state index < -0.39 is 0 Å². The number of halogens is 1. The molecule has 4 heteroatoms. The molecular weight excluding hydrogens is 334 g/mol. The van der Waals surface area contributed by atoms with Gasteiger partial charge in [0, 0.05) is 15.0 Å². The van der Waals surface area contributed by atoms with Crippen molar-refractivity contribution in [2.45, 2.75) is 32.6 Å². The van der Waals surface area contributed by atoms with E-state index in [2.05, 4.69) is 27.3 Å². The van der Waals surface area contributed by atoms with E-state index in [0.717, 1.165) is 33.4 Å². The van der Waals surface area contributed by atoms with Gasteiger partial charge in [-0.05, 0) is 68.0 Å². The molecule has 0 saturated carbocycles. The second kappa shape index (κ2) is 5.70. The summed E-state index contributed by atoms with van der Waals surface area (Å²) in [6, 6.07) is 7.96. The minimum Gasteiger partial charge on any atom is -0.321 e. The van der Waals surface area contributed by atoms with E-state index in [9.17, 15) is 4.79 Å². The van der Waals surface area contributed by atoms with Gasteiger partial charge >= 0.3 is 0 Å². The van der Waals surface area contributed by atoms with Gasteiger partial charge in [0.05, 0.1) is 4.88 Å². The van der Waals surface area contributed by atoms with E-state index in [0.29, 0.717) is 0 Å². The molecule has 1 heterocycles. The monoisotopic (exact) mass is 349 g/mol. The second-order valence-corrected chi connectivity index (χ2v) is 7.23. The Bertz CT molecular complexity index is 639. The first-order valence-corrected chi connectivity index (χ1v) is 8.43. The number of fused-ring (bicyclic) bond motifs is 1. The zero-order valence-electron chi connectivity index (χ0n) is 11.3. The molecule has 0 fully saturated rings. The van der Waals surface area contributed by atoms with Crippen molar-refractivity contribution in [3.05, 3.63) is 49.6 Å². The van der Waals surface area contributed by atoms with Crippen LogP contribution in [0.3, 0.4) is 0 Å². The highest BCUT2D eigenvalue weighted by atomic mass is 79.9. The fourth-order valence-electron chi connectivity index (χ4n) is 2.55. The molecule has 0 unspecified atom stereocenters. The smallest absolute Gasteiger partial charge is 0.265 e. The van der Waals surface area contributed by atoms with Gasteiger partial charge in [-0.15, -0.1) is 11.3 Å². The van der Waals surface area contributed by atoms with Crippen LogP contribution in [-0.2, 0) is 12.8 Å². The molecule has 0 atom stereocenters. The quantitative estimate of drug-likeness (QED) is 0.816. The average molecular weight is 350 g/mol. The number of aryl methyl sites for hydroxylation is 3. The minimum atomic E-state index is 0.00909. The van der Waals surface area contributed by atoms with Crippen LogP contribution in [0.25, 0.3) is 0 Å². The molecule has 1 aromatic carbocycles. The van der Waals surface area contributed by atoms with E-state index in [4.69, 9.17) is 0 Å². The fraction of sp³-hybridized carbons (Fsp3) is 0.312. The highest BCUT2D eigenvalue weighted by Gasteiger charge is 2.17. The van der Waals surface area contributed by atoms with E-state index in [1.807, 2.05) is 25.1 Å². The lowest BCUT2D eigenvalue weighted by Gasteiger charge is -2.08. The second-order valence-electron chi connectivity index (χ2n) is 5.18. The molecule has 0 radical (unpaired) electrons. The van der Waals surface area contributed by atoms with E-state index in [1.165, 1.54) is 23.3 Å². The number of rotatable bonds is 2. The summed E-state index contributed by atoms with van der Waals surface area (Å²) in [6.07, 6.45) is 4.75. The van der Waals surface area contributed by atoms with Crippen molar-refractivity contribution in [2.24, 2.45) is 0 Å². The van der Waals surface area contributed by atoms with Crippen molar-refractivity contribution in [1.82, 2.24) is 0 Å². The molecule has 104 valence electrons. The molecule has 0 spiro atoms. The highest BCUT2D eigenvalue weighted by molar-refractivity contribution is 9.10. The molecule has 0 saturated heterocycles. The topological polar surface area (TPSA) is 29.1 Å². The minimum absolute atomic E-state index is 0.00909. The Morgan fingerprint density at radius 1 is 1.25 bits per heavy atom. The fourth-order valence-corrected chi connectivity index (χ4v) is 4.18. The Hall–Kier alpha value is -1.13. The van der Waals surface area contributed by atoms with Gasteiger partial charge in [0.15, 0.2) is 0 Å². The molecule has 1 aromatic heterocycles. The summed E-state index contributed by atoms with van der Waals surface area (Å²) in [4.78, 5) is 14.6. The van der Waals surface area contributed by atoms with Gasteiger partial charge in [0.2, 0.25) is 0 Å². The Kier molecular flexibility index (Phi) is 3.94. The lowest BCUT2D eigenvalue weighted by atomic mass is 9.99. The van der Waals surface area contributed by atoms with Gasteiger partial charge in [-0.2, -0.15) is 0 Å². The Morgan fingerprint density at radius 2 is 2.05 bits per heavy atom. The van der Waals surface area contributed by atoms with Gasteiger partial charge in [0.1, 0.15) is 0 Å². The third kappa shape index (κ3) is 2.81. The summed E-state index contributed by atoms with van der Waals surface area (Å²) in [5, 5.41) is 3.01. The molecule has 1 aliphatic rings. The first-order valence-electron chi connectivity index (χ1n) is 6.82. The summed E-state index contributed by atoms with van der Waals surface area (Å²) >= 11 is 5.09. The SMILES string of the molecule is Cc1cc(Br)ccc1NC(=O)c1cc2c(s1)CCCC2. The number of benzene rings is 1. The van der Waals surface area contributed by atoms with Gasteiger partial charge in [-0.3, -0.25) is 4.79 Å². The first-order chi connectivity index (χ1) is 9.63. The number of anilines is 1. The molecule has 2 nitrogen and oxygen atoms in total. The van der Waals surface area contributed by atoms with Crippen LogP contribution in [0, 0.1) is 6.92 Å². The van der Waals surface area contributed by atoms with Crippen LogP contribution in [0.15, 0.2) is 28.7 Å². The van der Waals surface area contributed by atoms with Gasteiger partial charge in [-0.1, -0.05) is 15.9 Å². The molecule has 1 aliphatic carbocycles. The lowest BCUT2D eigenvalue weighted by molar-refractivity contribution is 0.103. The summed E-state index contributed by atoms with van der Waals surface area (Å²) in [7, 11) is 0. The van der Waals surface area contributed by atoms with Gasteiger partial charge in [-0.25, -0.2) is 0 Å².